The topological polar surface area (TPSA) is 42.0 Å². The second-order valence-corrected chi connectivity index (χ2v) is 7.85. The first-order valence-electron chi connectivity index (χ1n) is 6.46. The molecule has 6 heteroatoms. The van der Waals surface area contributed by atoms with Crippen LogP contribution < -0.4 is 5.32 Å². The lowest BCUT2D eigenvalue weighted by atomic mass is 10.1. The number of fused-ring (bicyclic) bond motifs is 1. The number of aryl methyl sites for hydroxylation is 1. The lowest BCUT2D eigenvalue weighted by Crippen LogP contribution is -2.26. The van der Waals surface area contributed by atoms with Crippen molar-refractivity contribution in [2.45, 2.75) is 32.0 Å². The lowest BCUT2D eigenvalue weighted by Gasteiger charge is -2.11. The first kappa shape index (κ1) is 15.9. The van der Waals surface area contributed by atoms with E-state index in [0.29, 0.717) is 5.13 Å². The number of nitrogens with zero attached hydrogens (tertiary/aromatic N) is 1. The van der Waals surface area contributed by atoms with Crippen LogP contribution in [0.4, 0.5) is 5.13 Å². The normalized spacial score (nSPS) is 12.9. The number of benzene rings is 1. The van der Waals surface area contributed by atoms with Gasteiger partial charge in [-0.2, -0.15) is 0 Å². The van der Waals surface area contributed by atoms with Gasteiger partial charge in [-0.05, 0) is 30.0 Å². The molecular formula is C14H16Br2N2OS. The van der Waals surface area contributed by atoms with E-state index in [-0.39, 0.29) is 16.7 Å². The number of hydrogen-bond acceptors (Lipinski definition) is 3. The standard InChI is InChI=1S/C14H16Br2N2OS/c1-4-8-5-9(15)6-10-12(8)17-14(20-10)18-13(19)11(16)7(2)3/h5-7,11H,4H2,1-3H3,(H,17,18,19). The molecule has 1 heterocycles. The van der Waals surface area contributed by atoms with E-state index in [1.807, 2.05) is 19.9 Å². The van der Waals surface area contributed by atoms with E-state index >= 15 is 0 Å². The Labute approximate surface area is 139 Å². The summed E-state index contributed by atoms with van der Waals surface area (Å²) in [6.45, 7) is 6.11. The van der Waals surface area contributed by atoms with Gasteiger partial charge in [-0.25, -0.2) is 4.98 Å². The first-order chi connectivity index (χ1) is 9.42. The van der Waals surface area contributed by atoms with Crippen LogP contribution in [0, 0.1) is 5.92 Å². The second kappa shape index (κ2) is 6.54. The van der Waals surface area contributed by atoms with Gasteiger partial charge in [0, 0.05) is 4.47 Å². The van der Waals surface area contributed by atoms with Crippen molar-refractivity contribution in [3.8, 4) is 0 Å². The highest BCUT2D eigenvalue weighted by Crippen LogP contribution is 2.32. The number of anilines is 1. The molecule has 0 spiro atoms. The van der Waals surface area contributed by atoms with Crippen molar-refractivity contribution in [3.63, 3.8) is 0 Å². The molecule has 108 valence electrons. The highest BCUT2D eigenvalue weighted by Gasteiger charge is 2.20. The average Bonchev–Trinajstić information content (AvgIpc) is 2.78. The monoisotopic (exact) mass is 418 g/mol. The molecule has 2 rings (SSSR count). The van der Waals surface area contributed by atoms with Gasteiger partial charge in [0.05, 0.1) is 15.0 Å². The molecule has 1 amide bonds. The quantitative estimate of drug-likeness (QED) is 0.710. The number of alkyl halides is 1. The molecule has 20 heavy (non-hydrogen) atoms. The summed E-state index contributed by atoms with van der Waals surface area (Å²) in [5, 5.41) is 3.54. The zero-order valence-electron chi connectivity index (χ0n) is 11.5. The average molecular weight is 420 g/mol. The minimum Gasteiger partial charge on any atom is -0.301 e. The molecule has 2 aromatic rings. The van der Waals surface area contributed by atoms with E-state index in [1.54, 1.807) is 0 Å². The number of amides is 1. The van der Waals surface area contributed by atoms with Gasteiger partial charge >= 0.3 is 0 Å². The van der Waals surface area contributed by atoms with Crippen molar-refractivity contribution in [1.82, 2.24) is 4.98 Å². The molecule has 3 nitrogen and oxygen atoms in total. The van der Waals surface area contributed by atoms with Crippen LogP contribution in [0.15, 0.2) is 16.6 Å². The molecule has 1 atom stereocenters. The van der Waals surface area contributed by atoms with E-state index in [9.17, 15) is 4.79 Å². The van der Waals surface area contributed by atoms with E-state index in [4.69, 9.17) is 0 Å². The number of hydrogen-bond donors (Lipinski definition) is 1. The maximum atomic E-state index is 12.1. The molecule has 1 N–H and O–H groups in total. The fourth-order valence-electron chi connectivity index (χ4n) is 1.86. The maximum absolute atomic E-state index is 12.1. The minimum atomic E-state index is -0.202. The molecule has 0 bridgehead atoms. The third-order valence-corrected chi connectivity index (χ3v) is 5.83. The fraction of sp³-hybridized carbons (Fsp3) is 0.429. The zero-order chi connectivity index (χ0) is 14.9. The van der Waals surface area contributed by atoms with Crippen molar-refractivity contribution < 1.29 is 4.79 Å². The SMILES string of the molecule is CCc1cc(Br)cc2sc(NC(=O)C(Br)C(C)C)nc12. The third kappa shape index (κ3) is 3.40. The van der Waals surface area contributed by atoms with Crippen LogP contribution in [-0.4, -0.2) is 15.7 Å². The molecule has 0 fully saturated rings. The Kier molecular flexibility index (Phi) is 5.20. The summed E-state index contributed by atoms with van der Waals surface area (Å²) in [7, 11) is 0. The van der Waals surface area contributed by atoms with Crippen LogP contribution in [-0.2, 0) is 11.2 Å². The number of carbonyl (C=O) groups is 1. The van der Waals surface area contributed by atoms with Crippen molar-refractivity contribution in [1.29, 1.82) is 0 Å². The van der Waals surface area contributed by atoms with Crippen LogP contribution in [0.5, 0.6) is 0 Å². The summed E-state index contributed by atoms with van der Waals surface area (Å²) < 4.78 is 2.13. The summed E-state index contributed by atoms with van der Waals surface area (Å²) in [6.07, 6.45) is 0.917. The van der Waals surface area contributed by atoms with E-state index in [0.717, 1.165) is 21.1 Å². The van der Waals surface area contributed by atoms with E-state index in [2.05, 4.69) is 55.2 Å². The Bertz CT molecular complexity index is 639. The van der Waals surface area contributed by atoms with Crippen LogP contribution in [0.2, 0.25) is 0 Å². The summed E-state index contributed by atoms with van der Waals surface area (Å²) in [4.78, 5) is 16.4. The van der Waals surface area contributed by atoms with Gasteiger partial charge in [0.1, 0.15) is 0 Å². The molecule has 0 radical (unpaired) electrons. The molecule has 0 saturated heterocycles. The number of rotatable bonds is 4. The number of nitrogens with one attached hydrogen (secondary N) is 1. The summed E-state index contributed by atoms with van der Waals surface area (Å²) in [6, 6.07) is 4.12. The van der Waals surface area contributed by atoms with Gasteiger partial charge in [-0.3, -0.25) is 4.79 Å². The predicted octanol–water partition coefficient (Wildman–Crippen LogP) is 4.98. The number of carbonyl (C=O) groups excluding carboxylic acids is 1. The van der Waals surface area contributed by atoms with Crippen molar-refractivity contribution in [3.05, 3.63) is 22.2 Å². The van der Waals surface area contributed by atoms with Crippen LogP contribution in [0.3, 0.4) is 0 Å². The van der Waals surface area contributed by atoms with E-state index in [1.165, 1.54) is 16.9 Å². The highest BCUT2D eigenvalue weighted by atomic mass is 79.9. The summed E-state index contributed by atoms with van der Waals surface area (Å²) >= 11 is 8.42. The Hall–Kier alpha value is -0.460. The van der Waals surface area contributed by atoms with Gasteiger partial charge in [0.25, 0.3) is 0 Å². The molecule has 1 aromatic carbocycles. The number of halogens is 2. The highest BCUT2D eigenvalue weighted by molar-refractivity contribution is 9.10. The molecular weight excluding hydrogens is 404 g/mol. The molecule has 1 aromatic heterocycles. The van der Waals surface area contributed by atoms with Gasteiger partial charge in [0.15, 0.2) is 5.13 Å². The number of aromatic nitrogens is 1. The molecule has 0 aliphatic carbocycles. The van der Waals surface area contributed by atoms with E-state index < -0.39 is 0 Å². The molecule has 0 aliphatic heterocycles. The fourth-order valence-corrected chi connectivity index (χ4v) is 3.59. The second-order valence-electron chi connectivity index (χ2n) is 4.92. The minimum absolute atomic E-state index is 0.0452. The van der Waals surface area contributed by atoms with Crippen LogP contribution in [0.1, 0.15) is 26.3 Å². The Balaban J connectivity index is 2.31. The molecule has 0 aliphatic rings. The van der Waals surface area contributed by atoms with Gasteiger partial charge < -0.3 is 5.32 Å². The smallest absolute Gasteiger partial charge is 0.240 e. The first-order valence-corrected chi connectivity index (χ1v) is 8.98. The van der Waals surface area contributed by atoms with Crippen molar-refractivity contribution in [2.75, 3.05) is 5.32 Å². The van der Waals surface area contributed by atoms with Crippen LogP contribution >= 0.6 is 43.2 Å². The van der Waals surface area contributed by atoms with Crippen molar-refractivity contribution >= 4 is 64.5 Å². The van der Waals surface area contributed by atoms with Crippen molar-refractivity contribution in [2.24, 2.45) is 5.92 Å². The van der Waals surface area contributed by atoms with Gasteiger partial charge in [-0.1, -0.05) is 64.0 Å². The maximum Gasteiger partial charge on any atom is 0.240 e. The molecule has 0 saturated carbocycles. The van der Waals surface area contributed by atoms with Gasteiger partial charge in [0.2, 0.25) is 5.91 Å². The zero-order valence-corrected chi connectivity index (χ0v) is 15.5. The summed E-state index contributed by atoms with van der Waals surface area (Å²) in [5.41, 5.74) is 2.16. The third-order valence-electron chi connectivity index (χ3n) is 2.99. The number of thiazole rings is 1. The Morgan fingerprint density at radius 2 is 2.15 bits per heavy atom. The Morgan fingerprint density at radius 3 is 2.75 bits per heavy atom. The Morgan fingerprint density at radius 1 is 1.45 bits per heavy atom. The van der Waals surface area contributed by atoms with Gasteiger partial charge in [-0.15, -0.1) is 0 Å². The molecule has 1 unspecified atom stereocenters. The predicted molar refractivity (Wildman–Crippen MR) is 92.9 cm³/mol. The largest absolute Gasteiger partial charge is 0.301 e. The lowest BCUT2D eigenvalue weighted by molar-refractivity contribution is -0.116. The summed E-state index contributed by atoms with van der Waals surface area (Å²) in [5.74, 6) is 0.195. The van der Waals surface area contributed by atoms with Crippen LogP contribution in [0.25, 0.3) is 10.2 Å².